The van der Waals surface area contributed by atoms with Gasteiger partial charge in [0, 0.05) is 23.1 Å². The van der Waals surface area contributed by atoms with Gasteiger partial charge in [0.2, 0.25) is 4.96 Å². The Morgan fingerprint density at radius 1 is 1.33 bits per heavy atom. The summed E-state index contributed by atoms with van der Waals surface area (Å²) in [4.78, 5) is 35.4. The van der Waals surface area contributed by atoms with Gasteiger partial charge in [-0.05, 0) is 0 Å². The number of carbonyl (C=O) groups excluding carboxylic acids is 1. The number of nitrogens with zero attached hydrogens (tertiary/aromatic N) is 5. The number of thioether (sulfide) groups is 1. The number of hydrogen-bond acceptors (Lipinski definition) is 9. The zero-order valence-electron chi connectivity index (χ0n) is 14.7. The van der Waals surface area contributed by atoms with E-state index in [-0.39, 0.29) is 28.3 Å². The third-order valence-electron chi connectivity index (χ3n) is 3.59. The molecule has 2 aromatic heterocycles. The molecule has 0 saturated carbocycles. The average Bonchev–Trinajstić information content (AvgIpc) is 3.03. The smallest absolute Gasteiger partial charge is 0.293 e. The van der Waals surface area contributed by atoms with Crippen molar-refractivity contribution in [2.75, 3.05) is 5.75 Å². The molecular formula is C16H15N5O4S2. The molecule has 27 heavy (non-hydrogen) atoms. The first kappa shape index (κ1) is 19.1. The Morgan fingerprint density at radius 2 is 2.07 bits per heavy atom. The van der Waals surface area contributed by atoms with Crippen molar-refractivity contribution in [2.45, 2.75) is 30.5 Å². The molecule has 0 fully saturated rings. The van der Waals surface area contributed by atoms with Crippen LogP contribution in [0.5, 0.6) is 0 Å². The van der Waals surface area contributed by atoms with E-state index in [4.69, 9.17) is 0 Å². The number of rotatable bonds is 5. The summed E-state index contributed by atoms with van der Waals surface area (Å²) in [6.45, 7) is 5.60. The standard InChI is InChI=1S/C16H15N5O4S2/c1-16(2,3)12-13(23)20-14(18-17-12)27-15(19-20)26-8-11(22)9-5-4-6-10(7-9)21(24)25/h4-7H,8H2,1-3H3. The van der Waals surface area contributed by atoms with E-state index in [9.17, 15) is 19.7 Å². The Labute approximate surface area is 161 Å². The molecule has 0 saturated heterocycles. The molecule has 0 aliphatic rings. The number of Topliss-reactive ketones (excluding diaryl/α,β-unsaturated/α-hetero) is 1. The lowest BCUT2D eigenvalue weighted by molar-refractivity contribution is -0.384. The summed E-state index contributed by atoms with van der Waals surface area (Å²) < 4.78 is 1.68. The first-order chi connectivity index (χ1) is 12.7. The maximum atomic E-state index is 12.5. The summed E-state index contributed by atoms with van der Waals surface area (Å²) in [6, 6.07) is 5.57. The van der Waals surface area contributed by atoms with Crippen molar-refractivity contribution in [2.24, 2.45) is 0 Å². The van der Waals surface area contributed by atoms with Crippen LogP contribution in [0.4, 0.5) is 5.69 Å². The van der Waals surface area contributed by atoms with Crippen LogP contribution in [0.3, 0.4) is 0 Å². The second-order valence-electron chi connectivity index (χ2n) is 6.69. The SMILES string of the molecule is CC(C)(C)c1nnc2sc(SCC(=O)c3cccc([N+](=O)[O-])c3)nn2c1=O. The number of benzene rings is 1. The van der Waals surface area contributed by atoms with E-state index in [1.165, 1.54) is 28.8 Å². The van der Waals surface area contributed by atoms with Crippen molar-refractivity contribution in [1.82, 2.24) is 19.8 Å². The zero-order chi connectivity index (χ0) is 19.8. The Balaban J connectivity index is 1.80. The molecule has 11 heteroatoms. The van der Waals surface area contributed by atoms with Gasteiger partial charge in [-0.2, -0.15) is 4.52 Å². The highest BCUT2D eigenvalue weighted by Crippen LogP contribution is 2.25. The van der Waals surface area contributed by atoms with Gasteiger partial charge in [0.25, 0.3) is 11.2 Å². The maximum Gasteiger partial charge on any atom is 0.297 e. The highest BCUT2D eigenvalue weighted by atomic mass is 32.2. The number of fused-ring (bicyclic) bond motifs is 1. The molecule has 3 rings (SSSR count). The van der Waals surface area contributed by atoms with Gasteiger partial charge in [0.15, 0.2) is 10.1 Å². The van der Waals surface area contributed by atoms with E-state index in [0.717, 1.165) is 23.1 Å². The van der Waals surface area contributed by atoms with Crippen LogP contribution in [0.1, 0.15) is 36.8 Å². The largest absolute Gasteiger partial charge is 0.297 e. The topological polar surface area (TPSA) is 120 Å². The number of non-ortho nitro benzene ring substituents is 1. The highest BCUT2D eigenvalue weighted by Gasteiger charge is 2.23. The van der Waals surface area contributed by atoms with Crippen molar-refractivity contribution in [3.8, 4) is 0 Å². The molecule has 1 aromatic carbocycles. The molecule has 3 aromatic rings. The lowest BCUT2D eigenvalue weighted by Crippen LogP contribution is -2.30. The molecule has 0 atom stereocenters. The van der Waals surface area contributed by atoms with Crippen LogP contribution < -0.4 is 5.56 Å². The maximum absolute atomic E-state index is 12.5. The van der Waals surface area contributed by atoms with E-state index in [2.05, 4.69) is 15.3 Å². The lowest BCUT2D eigenvalue weighted by Gasteiger charge is -2.14. The molecule has 0 N–H and O–H groups in total. The summed E-state index contributed by atoms with van der Waals surface area (Å²) in [5.74, 6) is -0.230. The second kappa shape index (κ2) is 7.16. The van der Waals surface area contributed by atoms with Crippen LogP contribution in [0.2, 0.25) is 0 Å². The summed E-state index contributed by atoms with van der Waals surface area (Å²) in [7, 11) is 0. The summed E-state index contributed by atoms with van der Waals surface area (Å²) in [5, 5.41) is 23.1. The monoisotopic (exact) mass is 405 g/mol. The Kier molecular flexibility index (Phi) is 5.07. The molecule has 2 heterocycles. The predicted molar refractivity (Wildman–Crippen MR) is 102 cm³/mol. The van der Waals surface area contributed by atoms with Crippen LogP contribution in [-0.4, -0.2) is 36.3 Å². The van der Waals surface area contributed by atoms with Crippen molar-refractivity contribution in [1.29, 1.82) is 0 Å². The molecule has 9 nitrogen and oxygen atoms in total. The fourth-order valence-corrected chi connectivity index (χ4v) is 4.00. The van der Waals surface area contributed by atoms with Crippen LogP contribution in [-0.2, 0) is 5.41 Å². The van der Waals surface area contributed by atoms with Crippen molar-refractivity contribution < 1.29 is 9.72 Å². The minimum atomic E-state index is -0.546. The highest BCUT2D eigenvalue weighted by molar-refractivity contribution is 8.01. The molecule has 0 radical (unpaired) electrons. The summed E-state index contributed by atoms with van der Waals surface area (Å²) in [5.41, 5.74) is -0.359. The molecular weight excluding hydrogens is 390 g/mol. The summed E-state index contributed by atoms with van der Waals surface area (Å²) >= 11 is 2.30. The molecule has 0 unspecified atom stereocenters. The number of nitro groups is 1. The number of aromatic nitrogens is 4. The van der Waals surface area contributed by atoms with Crippen molar-refractivity contribution in [3.05, 3.63) is 56.0 Å². The average molecular weight is 405 g/mol. The van der Waals surface area contributed by atoms with E-state index in [1.54, 1.807) is 0 Å². The van der Waals surface area contributed by atoms with Gasteiger partial charge in [-0.3, -0.25) is 19.7 Å². The van der Waals surface area contributed by atoms with Gasteiger partial charge in [-0.1, -0.05) is 56.0 Å². The van der Waals surface area contributed by atoms with Crippen molar-refractivity contribution in [3.63, 3.8) is 0 Å². The molecule has 140 valence electrons. The van der Waals surface area contributed by atoms with E-state index < -0.39 is 10.3 Å². The Bertz CT molecular complexity index is 1100. The van der Waals surface area contributed by atoms with Crippen LogP contribution in [0, 0.1) is 10.1 Å². The Hall–Kier alpha value is -2.66. The van der Waals surface area contributed by atoms with E-state index in [1.807, 2.05) is 20.8 Å². The van der Waals surface area contributed by atoms with Crippen LogP contribution >= 0.6 is 23.1 Å². The number of carbonyl (C=O) groups is 1. The van der Waals surface area contributed by atoms with Gasteiger partial charge in [0.1, 0.15) is 5.69 Å². The molecule has 0 spiro atoms. The minimum Gasteiger partial charge on any atom is -0.293 e. The van der Waals surface area contributed by atoms with E-state index in [0.29, 0.717) is 15.0 Å². The van der Waals surface area contributed by atoms with Crippen LogP contribution in [0.25, 0.3) is 4.96 Å². The quantitative estimate of drug-likeness (QED) is 0.275. The molecule has 0 aliphatic carbocycles. The predicted octanol–water partition coefficient (Wildman–Crippen LogP) is 2.73. The van der Waals surface area contributed by atoms with E-state index >= 15 is 0 Å². The van der Waals surface area contributed by atoms with Gasteiger partial charge in [-0.25, -0.2) is 0 Å². The summed E-state index contributed by atoms with van der Waals surface area (Å²) in [6.07, 6.45) is 0. The lowest BCUT2D eigenvalue weighted by atomic mass is 9.93. The molecule has 0 bridgehead atoms. The molecule has 0 aliphatic heterocycles. The normalized spacial score (nSPS) is 11.7. The first-order valence-electron chi connectivity index (χ1n) is 7.84. The number of ketones is 1. The third-order valence-corrected chi connectivity index (χ3v) is 5.62. The third kappa shape index (κ3) is 4.03. The Morgan fingerprint density at radius 3 is 2.74 bits per heavy atom. The van der Waals surface area contributed by atoms with Gasteiger partial charge < -0.3 is 0 Å². The zero-order valence-corrected chi connectivity index (χ0v) is 16.3. The van der Waals surface area contributed by atoms with Crippen LogP contribution in [0.15, 0.2) is 33.4 Å². The van der Waals surface area contributed by atoms with Crippen molar-refractivity contribution >= 4 is 39.5 Å². The minimum absolute atomic E-state index is 0.0370. The van der Waals surface area contributed by atoms with Gasteiger partial charge >= 0.3 is 0 Å². The fourth-order valence-electron chi connectivity index (χ4n) is 2.23. The fraction of sp³-hybridized carbons (Fsp3) is 0.312. The van der Waals surface area contributed by atoms with Gasteiger partial charge in [0.05, 0.1) is 10.7 Å². The second-order valence-corrected chi connectivity index (χ2v) is 8.86. The number of nitro benzene ring substituents is 1. The number of hydrogen-bond donors (Lipinski definition) is 0. The van der Waals surface area contributed by atoms with Gasteiger partial charge in [-0.15, -0.1) is 15.3 Å². The first-order valence-corrected chi connectivity index (χ1v) is 9.64. The molecule has 0 amide bonds.